The highest BCUT2D eigenvalue weighted by molar-refractivity contribution is 7.80. The summed E-state index contributed by atoms with van der Waals surface area (Å²) in [5.74, 6) is -0.339. The van der Waals surface area contributed by atoms with Crippen molar-refractivity contribution in [2.24, 2.45) is 0 Å². The Labute approximate surface area is 176 Å². The molecule has 1 aromatic carbocycles. The molecule has 1 unspecified atom stereocenters. The predicted octanol–water partition coefficient (Wildman–Crippen LogP) is 5.38. The molecule has 0 aliphatic rings. The van der Waals surface area contributed by atoms with Gasteiger partial charge in [0.2, 0.25) is 9.70 Å². The number of amides is 1. The fraction of sp³-hybridized carbons (Fsp3) is 0.500. The minimum atomic E-state index is -4.49. The van der Waals surface area contributed by atoms with Crippen LogP contribution in [0.3, 0.4) is 0 Å². The van der Waals surface area contributed by atoms with Crippen LogP contribution in [-0.4, -0.2) is 21.0 Å². The number of carbonyl (C=O) groups excluding carboxylic acids is 1. The Balaban J connectivity index is 2.73. The second-order valence-corrected chi connectivity index (χ2v) is 8.45. The van der Waals surface area contributed by atoms with E-state index in [1.54, 1.807) is 0 Å². The topological polar surface area (TPSA) is 53.2 Å². The van der Waals surface area contributed by atoms with E-state index in [-0.39, 0.29) is 23.1 Å². The Hall–Kier alpha value is -0.960. The van der Waals surface area contributed by atoms with E-state index in [1.165, 1.54) is 12.1 Å². The highest BCUT2D eigenvalue weighted by Gasteiger charge is 2.34. The smallest absolute Gasteiger partial charge is 0.339 e. The molecule has 1 amide bonds. The van der Waals surface area contributed by atoms with Crippen LogP contribution in [0.2, 0.25) is 0 Å². The minimum absolute atomic E-state index is 0.0969. The maximum atomic E-state index is 12.8. The van der Waals surface area contributed by atoms with Crippen molar-refractivity contribution in [1.82, 2.24) is 10.6 Å². The first kappa shape index (κ1) is 24.1. The standard InChI is InChI=1S/C16H19Cl3F3N3OS/c1-2-3-4-8-12(26)24-13(15(17,18)19)25-14(27)23-11-7-5-6-10(9-11)16(20,21)22/h5-7,9,13H,2-4,8H2,1H3,(H,24,26)(H2,23,25,27). The zero-order chi connectivity index (χ0) is 20.7. The van der Waals surface area contributed by atoms with E-state index in [9.17, 15) is 18.0 Å². The third kappa shape index (κ3) is 9.19. The third-order valence-corrected chi connectivity index (χ3v) is 4.24. The summed E-state index contributed by atoms with van der Waals surface area (Å²) in [7, 11) is 0. The molecule has 0 aliphatic heterocycles. The minimum Gasteiger partial charge on any atom is -0.339 e. The first-order valence-corrected chi connectivity index (χ1v) is 9.58. The molecule has 27 heavy (non-hydrogen) atoms. The number of alkyl halides is 6. The normalized spacial score (nSPS) is 13.0. The lowest BCUT2D eigenvalue weighted by Gasteiger charge is -2.28. The maximum absolute atomic E-state index is 12.8. The number of carbonyl (C=O) groups is 1. The van der Waals surface area contributed by atoms with Crippen molar-refractivity contribution in [2.45, 2.75) is 48.7 Å². The molecule has 0 saturated heterocycles. The molecule has 11 heteroatoms. The van der Waals surface area contributed by atoms with Gasteiger partial charge in [-0.15, -0.1) is 0 Å². The summed E-state index contributed by atoms with van der Waals surface area (Å²) >= 11 is 22.6. The van der Waals surface area contributed by atoms with Gasteiger partial charge in [0.25, 0.3) is 0 Å². The second-order valence-electron chi connectivity index (χ2n) is 5.68. The zero-order valence-electron chi connectivity index (χ0n) is 14.3. The summed E-state index contributed by atoms with van der Waals surface area (Å²) in [6.45, 7) is 2.00. The fourth-order valence-electron chi connectivity index (χ4n) is 2.04. The van der Waals surface area contributed by atoms with E-state index in [0.717, 1.165) is 25.0 Å². The van der Waals surface area contributed by atoms with E-state index in [0.29, 0.717) is 6.42 Å². The summed E-state index contributed by atoms with van der Waals surface area (Å²) in [6.07, 6.45) is -2.89. The van der Waals surface area contributed by atoms with Crippen LogP contribution in [0, 0.1) is 0 Å². The van der Waals surface area contributed by atoms with Crippen molar-refractivity contribution >= 4 is 63.7 Å². The third-order valence-electron chi connectivity index (χ3n) is 3.36. The van der Waals surface area contributed by atoms with Gasteiger partial charge < -0.3 is 16.0 Å². The van der Waals surface area contributed by atoms with Crippen molar-refractivity contribution in [3.63, 3.8) is 0 Å². The Kier molecular flexibility index (Phi) is 9.41. The SMILES string of the molecule is CCCCCC(=O)NC(NC(=S)Nc1cccc(C(F)(F)F)c1)C(Cl)(Cl)Cl. The van der Waals surface area contributed by atoms with Crippen LogP contribution in [-0.2, 0) is 11.0 Å². The van der Waals surface area contributed by atoms with Crippen LogP contribution in [0.1, 0.15) is 38.2 Å². The molecule has 0 radical (unpaired) electrons. The molecule has 0 saturated carbocycles. The molecule has 1 aromatic rings. The van der Waals surface area contributed by atoms with Crippen LogP contribution in [0.5, 0.6) is 0 Å². The van der Waals surface area contributed by atoms with Crippen LogP contribution >= 0.6 is 47.0 Å². The fourth-order valence-corrected chi connectivity index (χ4v) is 2.60. The number of nitrogens with one attached hydrogen (secondary N) is 3. The van der Waals surface area contributed by atoms with Gasteiger partial charge in [-0.25, -0.2) is 0 Å². The summed E-state index contributed by atoms with van der Waals surface area (Å²) in [5, 5.41) is 7.58. The number of benzene rings is 1. The first-order chi connectivity index (χ1) is 12.4. The van der Waals surface area contributed by atoms with Gasteiger partial charge >= 0.3 is 6.18 Å². The lowest BCUT2D eigenvalue weighted by molar-refractivity contribution is -0.137. The number of rotatable bonds is 7. The molecule has 152 valence electrons. The average molecular weight is 465 g/mol. The summed E-state index contributed by atoms with van der Waals surface area (Å²) in [5.41, 5.74) is -0.739. The number of unbranched alkanes of at least 4 members (excludes halogenated alkanes) is 2. The Morgan fingerprint density at radius 2 is 1.85 bits per heavy atom. The summed E-state index contributed by atoms with van der Waals surface area (Å²) in [4.78, 5) is 12.0. The monoisotopic (exact) mass is 463 g/mol. The Morgan fingerprint density at radius 3 is 2.41 bits per heavy atom. The maximum Gasteiger partial charge on any atom is 0.416 e. The van der Waals surface area contributed by atoms with Gasteiger partial charge in [-0.1, -0.05) is 60.6 Å². The number of hydrogen-bond acceptors (Lipinski definition) is 2. The Bertz CT molecular complexity index is 654. The number of halogens is 6. The van der Waals surface area contributed by atoms with E-state index in [2.05, 4.69) is 16.0 Å². The molecule has 0 heterocycles. The van der Waals surface area contributed by atoms with Crippen LogP contribution in [0.4, 0.5) is 18.9 Å². The van der Waals surface area contributed by atoms with Crippen LogP contribution in [0.25, 0.3) is 0 Å². The lowest BCUT2D eigenvalue weighted by Crippen LogP contribution is -2.56. The van der Waals surface area contributed by atoms with Crippen LogP contribution < -0.4 is 16.0 Å². The number of hydrogen-bond donors (Lipinski definition) is 3. The van der Waals surface area contributed by atoms with Gasteiger partial charge in [0.15, 0.2) is 5.11 Å². The second kappa shape index (κ2) is 10.5. The van der Waals surface area contributed by atoms with Gasteiger partial charge in [0.05, 0.1) is 5.56 Å². The quantitative estimate of drug-likeness (QED) is 0.219. The van der Waals surface area contributed by atoms with Gasteiger partial charge in [0.1, 0.15) is 6.17 Å². The van der Waals surface area contributed by atoms with Crippen molar-refractivity contribution in [3.05, 3.63) is 29.8 Å². The predicted molar refractivity (Wildman–Crippen MR) is 107 cm³/mol. The molecule has 0 spiro atoms. The molecular formula is C16H19Cl3F3N3OS. The number of thiocarbonyl (C=S) groups is 1. The lowest BCUT2D eigenvalue weighted by atomic mass is 10.2. The molecule has 0 aromatic heterocycles. The Morgan fingerprint density at radius 1 is 1.19 bits per heavy atom. The molecule has 1 rings (SSSR count). The summed E-state index contributed by atoms with van der Waals surface area (Å²) < 4.78 is 36.4. The molecule has 3 N–H and O–H groups in total. The van der Waals surface area contributed by atoms with E-state index < -0.39 is 21.7 Å². The van der Waals surface area contributed by atoms with Crippen molar-refractivity contribution in [3.8, 4) is 0 Å². The van der Waals surface area contributed by atoms with E-state index in [1.807, 2.05) is 6.92 Å². The van der Waals surface area contributed by atoms with Crippen molar-refractivity contribution in [1.29, 1.82) is 0 Å². The van der Waals surface area contributed by atoms with E-state index >= 15 is 0 Å². The molecule has 1 atom stereocenters. The zero-order valence-corrected chi connectivity index (χ0v) is 17.4. The molecular weight excluding hydrogens is 446 g/mol. The molecule has 0 fully saturated rings. The molecule has 4 nitrogen and oxygen atoms in total. The highest BCUT2D eigenvalue weighted by Crippen LogP contribution is 2.31. The van der Waals surface area contributed by atoms with Crippen LogP contribution in [0.15, 0.2) is 24.3 Å². The highest BCUT2D eigenvalue weighted by atomic mass is 35.6. The van der Waals surface area contributed by atoms with Gasteiger partial charge in [-0.2, -0.15) is 13.2 Å². The summed E-state index contributed by atoms with van der Waals surface area (Å²) in [6, 6.07) is 4.45. The van der Waals surface area contributed by atoms with Gasteiger partial charge in [-0.05, 0) is 36.8 Å². The van der Waals surface area contributed by atoms with Crippen molar-refractivity contribution in [2.75, 3.05) is 5.32 Å². The van der Waals surface area contributed by atoms with E-state index in [4.69, 9.17) is 47.0 Å². The van der Waals surface area contributed by atoms with Crippen molar-refractivity contribution < 1.29 is 18.0 Å². The first-order valence-electron chi connectivity index (χ1n) is 8.04. The largest absolute Gasteiger partial charge is 0.416 e. The van der Waals surface area contributed by atoms with Gasteiger partial charge in [-0.3, -0.25) is 4.79 Å². The molecule has 0 bridgehead atoms. The molecule has 0 aliphatic carbocycles. The van der Waals surface area contributed by atoms with Gasteiger partial charge in [0, 0.05) is 12.1 Å². The number of anilines is 1. The average Bonchev–Trinajstić information content (AvgIpc) is 2.53.